The summed E-state index contributed by atoms with van der Waals surface area (Å²) in [5, 5.41) is 24.6. The summed E-state index contributed by atoms with van der Waals surface area (Å²) in [5.41, 5.74) is 0.456. The summed E-state index contributed by atoms with van der Waals surface area (Å²) < 4.78 is 0. The molecule has 6 N–H and O–H groups in total. The normalized spacial score (nSPS) is 15.3. The number of carbonyl (C=O) groups is 2. The number of aromatic nitrogens is 2. The molecule has 3 aromatic rings. The molecular weight excluding hydrogens is 376 g/mol. The zero-order valence-corrected chi connectivity index (χ0v) is 15.8. The molecule has 3 rings (SSSR count). The Balaban J connectivity index is 2.00. The van der Waals surface area contributed by atoms with Crippen LogP contribution in [-0.4, -0.2) is 37.6 Å². The van der Waals surface area contributed by atoms with E-state index in [9.17, 15) is 24.6 Å². The zero-order valence-electron chi connectivity index (χ0n) is 15.8. The second kappa shape index (κ2) is 7.12. The number of rotatable bonds is 5. The first-order chi connectivity index (χ1) is 13.6. The molecule has 0 bridgehead atoms. The van der Waals surface area contributed by atoms with E-state index in [2.05, 4.69) is 15.3 Å². The number of carbonyl (C=O) groups excluding carboxylic acids is 2. The van der Waals surface area contributed by atoms with Crippen molar-refractivity contribution >= 4 is 28.4 Å². The van der Waals surface area contributed by atoms with E-state index in [1.807, 2.05) is 0 Å². The first-order valence-corrected chi connectivity index (χ1v) is 8.70. The van der Waals surface area contributed by atoms with Gasteiger partial charge in [0.2, 0.25) is 0 Å². The summed E-state index contributed by atoms with van der Waals surface area (Å²) in [6.45, 7) is 2.23. The fourth-order valence-electron chi connectivity index (χ4n) is 2.82. The van der Waals surface area contributed by atoms with E-state index in [1.54, 1.807) is 36.4 Å². The zero-order chi connectivity index (χ0) is 21.4. The monoisotopic (exact) mass is 396 g/mol. The number of H-pyrrole nitrogens is 1. The highest BCUT2D eigenvalue weighted by molar-refractivity contribution is 6.05. The molecule has 0 spiro atoms. The van der Waals surface area contributed by atoms with Crippen LogP contribution in [0.1, 0.15) is 30.0 Å². The highest BCUT2D eigenvalue weighted by Gasteiger charge is 2.51. The van der Waals surface area contributed by atoms with Gasteiger partial charge >= 0.3 is 0 Å². The van der Waals surface area contributed by atoms with Crippen molar-refractivity contribution in [3.05, 3.63) is 70.3 Å². The van der Waals surface area contributed by atoms with Crippen LogP contribution in [0.3, 0.4) is 0 Å². The number of benzene rings is 2. The first kappa shape index (κ1) is 20.2. The van der Waals surface area contributed by atoms with Gasteiger partial charge in [-0.1, -0.05) is 24.3 Å². The van der Waals surface area contributed by atoms with Gasteiger partial charge in [0.1, 0.15) is 5.82 Å². The fourth-order valence-corrected chi connectivity index (χ4v) is 2.82. The van der Waals surface area contributed by atoms with E-state index in [0.29, 0.717) is 10.9 Å². The number of primary amides is 1. The Morgan fingerprint density at radius 1 is 1.07 bits per heavy atom. The van der Waals surface area contributed by atoms with Gasteiger partial charge in [-0.05, 0) is 38.1 Å². The van der Waals surface area contributed by atoms with Gasteiger partial charge in [-0.3, -0.25) is 14.4 Å². The highest BCUT2D eigenvalue weighted by atomic mass is 16.4. The second-order valence-electron chi connectivity index (χ2n) is 6.94. The lowest BCUT2D eigenvalue weighted by molar-refractivity contribution is -0.166. The average molecular weight is 396 g/mol. The molecule has 0 aliphatic rings. The molecule has 0 aliphatic carbocycles. The standard InChI is InChI=1S/C20H20N4O5/c1-19(28,17-22-14-10-6-4-8-12(14)16(26)24-17)20(2,29)18(27)23-13-9-5-3-7-11(13)15(21)25/h3-10,28-29H,1-2H3,(H2,21,25)(H,23,27)(H,22,24,26)/t19-,20-/m1/s1. The number of nitrogens with zero attached hydrogens (tertiary/aromatic N) is 1. The third-order valence-corrected chi connectivity index (χ3v) is 4.90. The minimum Gasteiger partial charge on any atom is -0.379 e. The molecule has 0 aliphatic heterocycles. The third kappa shape index (κ3) is 3.48. The number of aliphatic hydroxyl groups is 2. The van der Waals surface area contributed by atoms with Gasteiger partial charge in [0, 0.05) is 0 Å². The van der Waals surface area contributed by atoms with Crippen LogP contribution in [0.15, 0.2) is 53.3 Å². The molecule has 0 fully saturated rings. The van der Waals surface area contributed by atoms with E-state index in [1.165, 1.54) is 12.1 Å². The van der Waals surface area contributed by atoms with Crippen molar-refractivity contribution in [1.29, 1.82) is 0 Å². The lowest BCUT2D eigenvalue weighted by Crippen LogP contribution is -2.56. The summed E-state index contributed by atoms with van der Waals surface area (Å²) in [5.74, 6) is -2.08. The van der Waals surface area contributed by atoms with Crippen LogP contribution in [0, 0.1) is 0 Å². The number of anilines is 1. The van der Waals surface area contributed by atoms with Crippen molar-refractivity contribution in [3.8, 4) is 0 Å². The van der Waals surface area contributed by atoms with Crippen molar-refractivity contribution in [2.45, 2.75) is 25.0 Å². The molecular formula is C20H20N4O5. The molecule has 0 radical (unpaired) electrons. The predicted octanol–water partition coefficient (Wildman–Crippen LogP) is 0.619. The Morgan fingerprint density at radius 2 is 1.69 bits per heavy atom. The van der Waals surface area contributed by atoms with E-state index < -0.39 is 28.6 Å². The van der Waals surface area contributed by atoms with Gasteiger partial charge in [0.05, 0.1) is 22.2 Å². The SMILES string of the molecule is C[C@@](O)(C(=O)Nc1ccccc1C(N)=O)[C@](C)(O)c1nc2ccccc2c(=O)[nH]1. The van der Waals surface area contributed by atoms with Gasteiger partial charge < -0.3 is 26.2 Å². The molecule has 2 atom stereocenters. The summed E-state index contributed by atoms with van der Waals surface area (Å²) in [4.78, 5) is 43.2. The fraction of sp³-hybridized carbons (Fsp3) is 0.200. The van der Waals surface area contributed by atoms with Gasteiger partial charge in [0.25, 0.3) is 17.4 Å². The molecule has 0 saturated carbocycles. The van der Waals surface area contributed by atoms with Crippen molar-refractivity contribution in [3.63, 3.8) is 0 Å². The Labute approximate surface area is 165 Å². The number of hydrogen-bond donors (Lipinski definition) is 5. The Kier molecular flexibility index (Phi) is 4.95. The smallest absolute Gasteiger partial charge is 0.259 e. The number of hydrogen-bond acceptors (Lipinski definition) is 6. The lowest BCUT2D eigenvalue weighted by Gasteiger charge is -2.36. The van der Waals surface area contributed by atoms with Crippen LogP contribution in [0.5, 0.6) is 0 Å². The first-order valence-electron chi connectivity index (χ1n) is 8.70. The molecule has 0 saturated heterocycles. The van der Waals surface area contributed by atoms with E-state index in [0.717, 1.165) is 13.8 Å². The van der Waals surface area contributed by atoms with E-state index in [4.69, 9.17) is 5.73 Å². The van der Waals surface area contributed by atoms with Crippen LogP contribution >= 0.6 is 0 Å². The van der Waals surface area contributed by atoms with Gasteiger partial charge in [-0.25, -0.2) is 4.98 Å². The maximum absolute atomic E-state index is 12.8. The molecule has 0 unspecified atom stereocenters. The minimum atomic E-state index is -2.43. The summed E-state index contributed by atoms with van der Waals surface area (Å²) in [6.07, 6.45) is 0. The van der Waals surface area contributed by atoms with Crippen molar-refractivity contribution in [1.82, 2.24) is 9.97 Å². The largest absolute Gasteiger partial charge is 0.379 e. The van der Waals surface area contributed by atoms with Gasteiger partial charge in [0.15, 0.2) is 11.2 Å². The number of aromatic amines is 1. The third-order valence-electron chi connectivity index (χ3n) is 4.90. The molecule has 9 nitrogen and oxygen atoms in total. The second-order valence-corrected chi connectivity index (χ2v) is 6.94. The lowest BCUT2D eigenvalue weighted by atomic mass is 9.84. The number of nitrogens with two attached hydrogens (primary N) is 1. The van der Waals surface area contributed by atoms with E-state index >= 15 is 0 Å². The van der Waals surface area contributed by atoms with Crippen LogP contribution in [-0.2, 0) is 10.4 Å². The molecule has 9 heteroatoms. The molecule has 150 valence electrons. The number of para-hydroxylation sites is 2. The van der Waals surface area contributed by atoms with Crippen LogP contribution < -0.4 is 16.6 Å². The quantitative estimate of drug-likeness (QED) is 0.425. The Hall–Kier alpha value is -3.56. The molecule has 29 heavy (non-hydrogen) atoms. The maximum Gasteiger partial charge on any atom is 0.259 e. The van der Waals surface area contributed by atoms with Crippen molar-refractivity contribution < 1.29 is 19.8 Å². The Morgan fingerprint density at radius 3 is 2.38 bits per heavy atom. The minimum absolute atomic E-state index is 0.0357. The van der Waals surface area contributed by atoms with Crippen molar-refractivity contribution in [2.24, 2.45) is 5.73 Å². The van der Waals surface area contributed by atoms with Crippen LogP contribution in [0.4, 0.5) is 5.69 Å². The maximum atomic E-state index is 12.8. The number of amides is 2. The molecule has 1 heterocycles. The van der Waals surface area contributed by atoms with Crippen LogP contribution in [0.25, 0.3) is 10.9 Å². The summed E-state index contributed by atoms with van der Waals surface area (Å²) in [6, 6.07) is 12.4. The number of fused-ring (bicyclic) bond motifs is 1. The highest BCUT2D eigenvalue weighted by Crippen LogP contribution is 2.32. The predicted molar refractivity (Wildman–Crippen MR) is 106 cm³/mol. The average Bonchev–Trinajstić information content (AvgIpc) is 2.68. The van der Waals surface area contributed by atoms with E-state index in [-0.39, 0.29) is 17.1 Å². The Bertz CT molecular complexity index is 1170. The number of nitrogens with one attached hydrogen (secondary N) is 2. The molecule has 2 aromatic carbocycles. The molecule has 1 aromatic heterocycles. The van der Waals surface area contributed by atoms with Gasteiger partial charge in [-0.15, -0.1) is 0 Å². The van der Waals surface area contributed by atoms with Gasteiger partial charge in [-0.2, -0.15) is 0 Å². The van der Waals surface area contributed by atoms with Crippen molar-refractivity contribution in [2.75, 3.05) is 5.32 Å². The molecule has 2 amide bonds. The van der Waals surface area contributed by atoms with Crippen LogP contribution in [0.2, 0.25) is 0 Å². The summed E-state index contributed by atoms with van der Waals surface area (Å²) >= 11 is 0. The topological polar surface area (TPSA) is 158 Å². The summed E-state index contributed by atoms with van der Waals surface area (Å²) in [7, 11) is 0.